The lowest BCUT2D eigenvalue weighted by molar-refractivity contribution is 0.128. The number of hydrogen-bond acceptors (Lipinski definition) is 3. The van der Waals surface area contributed by atoms with Crippen LogP contribution >= 0.6 is 0 Å². The second-order valence-electron chi connectivity index (χ2n) is 2.38. The Hall–Kier alpha value is -0.120. The summed E-state index contributed by atoms with van der Waals surface area (Å²) in [7, 11) is 1.00. The first-order chi connectivity index (χ1) is 4.89. The molecule has 0 radical (unpaired) electrons. The molecule has 2 N–H and O–H groups in total. The quantitative estimate of drug-likeness (QED) is 0.500. The molecule has 0 aromatic heterocycles. The van der Waals surface area contributed by atoms with Gasteiger partial charge in [0.05, 0.1) is 13.2 Å². The van der Waals surface area contributed by atoms with Crippen molar-refractivity contribution < 1.29 is 9.84 Å². The van der Waals surface area contributed by atoms with E-state index in [0.717, 1.165) is 33.4 Å². The van der Waals surface area contributed by atoms with Gasteiger partial charge in [0.25, 0.3) is 0 Å². The van der Waals surface area contributed by atoms with Crippen LogP contribution in [0.1, 0.15) is 6.92 Å². The van der Waals surface area contributed by atoms with E-state index >= 15 is 0 Å². The van der Waals surface area contributed by atoms with Crippen LogP contribution < -0.4 is 5.32 Å². The van der Waals surface area contributed by atoms with E-state index in [4.69, 9.17) is 9.84 Å². The number of rotatable bonds is 0. The van der Waals surface area contributed by atoms with E-state index in [1.807, 2.05) is 0 Å². The van der Waals surface area contributed by atoms with Gasteiger partial charge in [-0.2, -0.15) is 0 Å². The minimum Gasteiger partial charge on any atom is -0.400 e. The molecular formula is C7H17NO2. The van der Waals surface area contributed by atoms with Crippen LogP contribution in [0.15, 0.2) is 0 Å². The Bertz CT molecular complexity index is 60.6. The Morgan fingerprint density at radius 3 is 2.90 bits per heavy atom. The smallest absolute Gasteiger partial charge is 0.0591 e. The molecule has 10 heavy (non-hydrogen) atoms. The third-order valence-corrected chi connectivity index (χ3v) is 1.32. The van der Waals surface area contributed by atoms with Crippen molar-refractivity contribution >= 4 is 0 Å². The third-order valence-electron chi connectivity index (χ3n) is 1.32. The van der Waals surface area contributed by atoms with Gasteiger partial charge in [0.15, 0.2) is 0 Å². The highest BCUT2D eigenvalue weighted by atomic mass is 16.5. The largest absolute Gasteiger partial charge is 0.400 e. The molecule has 0 amide bonds. The van der Waals surface area contributed by atoms with Crippen LogP contribution in [0.2, 0.25) is 0 Å². The molecule has 0 aliphatic carbocycles. The van der Waals surface area contributed by atoms with Crippen LogP contribution in [-0.2, 0) is 4.74 Å². The molecule has 1 fully saturated rings. The molecule has 1 rings (SSSR count). The summed E-state index contributed by atoms with van der Waals surface area (Å²) < 4.78 is 5.24. The number of aliphatic hydroxyl groups excluding tert-OH is 1. The first-order valence-corrected chi connectivity index (χ1v) is 3.63. The van der Waals surface area contributed by atoms with Crippen molar-refractivity contribution in [1.82, 2.24) is 5.32 Å². The zero-order valence-corrected chi connectivity index (χ0v) is 6.76. The van der Waals surface area contributed by atoms with Crippen molar-refractivity contribution in [3.8, 4) is 0 Å². The summed E-state index contributed by atoms with van der Waals surface area (Å²) in [6, 6.07) is 0. The van der Waals surface area contributed by atoms with Gasteiger partial charge in [-0.1, -0.05) is 6.92 Å². The number of hydrogen-bond donors (Lipinski definition) is 2. The molecule has 1 heterocycles. The highest BCUT2D eigenvalue weighted by Crippen LogP contribution is 1.95. The first kappa shape index (κ1) is 9.88. The molecule has 0 spiro atoms. The number of aliphatic hydroxyl groups is 1. The van der Waals surface area contributed by atoms with Gasteiger partial charge in [-0.05, 0) is 12.5 Å². The van der Waals surface area contributed by atoms with Gasteiger partial charge < -0.3 is 15.2 Å². The maximum absolute atomic E-state index is 7.00. The molecule has 62 valence electrons. The van der Waals surface area contributed by atoms with Crippen LogP contribution in [0.4, 0.5) is 0 Å². The van der Waals surface area contributed by atoms with Crippen molar-refractivity contribution in [2.75, 3.05) is 33.4 Å². The van der Waals surface area contributed by atoms with Crippen LogP contribution in [0.5, 0.6) is 0 Å². The van der Waals surface area contributed by atoms with E-state index in [1.165, 1.54) is 0 Å². The van der Waals surface area contributed by atoms with Crippen molar-refractivity contribution in [2.45, 2.75) is 6.92 Å². The Balaban J connectivity index is 0.000000371. The van der Waals surface area contributed by atoms with Crippen molar-refractivity contribution in [1.29, 1.82) is 0 Å². The van der Waals surface area contributed by atoms with E-state index in [0.29, 0.717) is 5.92 Å². The second kappa shape index (κ2) is 6.99. The van der Waals surface area contributed by atoms with Gasteiger partial charge in [0, 0.05) is 13.7 Å². The molecule has 1 aliphatic heterocycles. The molecular weight excluding hydrogens is 130 g/mol. The first-order valence-electron chi connectivity index (χ1n) is 3.63. The van der Waals surface area contributed by atoms with E-state index in [2.05, 4.69) is 12.2 Å². The molecule has 1 atom stereocenters. The minimum atomic E-state index is 0.692. The van der Waals surface area contributed by atoms with Crippen LogP contribution in [0, 0.1) is 5.92 Å². The van der Waals surface area contributed by atoms with Crippen molar-refractivity contribution in [3.63, 3.8) is 0 Å². The predicted octanol–water partition coefficient (Wildman–Crippen LogP) is -0.149. The Labute approximate surface area is 62.4 Å². The van der Waals surface area contributed by atoms with Gasteiger partial charge in [0.2, 0.25) is 0 Å². The summed E-state index contributed by atoms with van der Waals surface area (Å²) >= 11 is 0. The van der Waals surface area contributed by atoms with Crippen LogP contribution in [-0.4, -0.2) is 38.5 Å². The Morgan fingerprint density at radius 1 is 1.50 bits per heavy atom. The van der Waals surface area contributed by atoms with Crippen molar-refractivity contribution in [3.05, 3.63) is 0 Å². The highest BCUT2D eigenvalue weighted by molar-refractivity contribution is 4.58. The summed E-state index contributed by atoms with van der Waals surface area (Å²) in [6.07, 6.45) is 0. The molecule has 3 heteroatoms. The van der Waals surface area contributed by atoms with E-state index in [1.54, 1.807) is 0 Å². The predicted molar refractivity (Wildman–Crippen MR) is 41.0 cm³/mol. The fourth-order valence-electron chi connectivity index (χ4n) is 0.836. The van der Waals surface area contributed by atoms with Gasteiger partial charge in [0.1, 0.15) is 0 Å². The van der Waals surface area contributed by atoms with Gasteiger partial charge >= 0.3 is 0 Å². The second-order valence-corrected chi connectivity index (χ2v) is 2.38. The zero-order valence-electron chi connectivity index (χ0n) is 6.76. The minimum absolute atomic E-state index is 0.692. The fraction of sp³-hybridized carbons (Fsp3) is 1.00. The number of ether oxygens (including phenoxy) is 1. The zero-order chi connectivity index (χ0) is 7.82. The average molecular weight is 147 g/mol. The molecule has 0 bridgehead atoms. The maximum atomic E-state index is 7.00. The fourth-order valence-corrected chi connectivity index (χ4v) is 0.836. The molecule has 0 saturated carbocycles. The van der Waals surface area contributed by atoms with Gasteiger partial charge in [-0.15, -0.1) is 0 Å². The lowest BCUT2D eigenvalue weighted by Crippen LogP contribution is -2.20. The highest BCUT2D eigenvalue weighted by Gasteiger charge is 2.04. The van der Waals surface area contributed by atoms with E-state index < -0.39 is 0 Å². The van der Waals surface area contributed by atoms with Gasteiger partial charge in [-0.3, -0.25) is 0 Å². The molecule has 3 nitrogen and oxygen atoms in total. The van der Waals surface area contributed by atoms with E-state index in [-0.39, 0.29) is 0 Å². The van der Waals surface area contributed by atoms with E-state index in [9.17, 15) is 0 Å². The molecule has 1 unspecified atom stereocenters. The van der Waals surface area contributed by atoms with Crippen molar-refractivity contribution in [2.24, 2.45) is 5.92 Å². The standard InChI is InChI=1S/C6H13NO.CH4O/c1-6-4-7-2-3-8-5-6;1-2/h6-7H,2-5H2,1H3;2H,1H3. The summed E-state index contributed by atoms with van der Waals surface area (Å²) in [6.45, 7) is 6.12. The number of nitrogens with one attached hydrogen (secondary N) is 1. The van der Waals surface area contributed by atoms with Gasteiger partial charge in [-0.25, -0.2) is 0 Å². The topological polar surface area (TPSA) is 41.5 Å². The normalized spacial score (nSPS) is 26.1. The monoisotopic (exact) mass is 147 g/mol. The summed E-state index contributed by atoms with van der Waals surface area (Å²) in [4.78, 5) is 0. The molecule has 0 aromatic carbocycles. The summed E-state index contributed by atoms with van der Waals surface area (Å²) in [5.74, 6) is 0.692. The summed E-state index contributed by atoms with van der Waals surface area (Å²) in [5, 5.41) is 10.3. The lowest BCUT2D eigenvalue weighted by Gasteiger charge is -2.03. The SMILES string of the molecule is CC1CNCCOC1.CO. The third kappa shape index (κ3) is 4.73. The lowest BCUT2D eigenvalue weighted by atomic mass is 10.2. The maximum Gasteiger partial charge on any atom is 0.0591 e. The summed E-state index contributed by atoms with van der Waals surface area (Å²) in [5.41, 5.74) is 0. The molecule has 1 saturated heterocycles. The van der Waals surface area contributed by atoms with Crippen LogP contribution in [0.3, 0.4) is 0 Å². The average Bonchev–Trinajstić information content (AvgIpc) is 2.21. The molecule has 1 aliphatic rings. The molecule has 0 aromatic rings. The van der Waals surface area contributed by atoms with Crippen LogP contribution in [0.25, 0.3) is 0 Å². The Morgan fingerprint density at radius 2 is 2.20 bits per heavy atom. The Kier molecular flexibility index (Phi) is 6.91.